The van der Waals surface area contributed by atoms with Gasteiger partial charge in [-0.25, -0.2) is 0 Å². The van der Waals surface area contributed by atoms with Crippen LogP contribution in [-0.4, -0.2) is 10.4 Å². The van der Waals surface area contributed by atoms with E-state index in [2.05, 4.69) is 0 Å². The van der Waals surface area contributed by atoms with Crippen LogP contribution in [0.5, 0.6) is 0 Å². The van der Waals surface area contributed by atoms with Gasteiger partial charge in [0.2, 0.25) is 0 Å². The van der Waals surface area contributed by atoms with E-state index in [-0.39, 0.29) is 5.23 Å². The average Bonchev–Trinajstić information content (AvgIpc) is 2.30. The summed E-state index contributed by atoms with van der Waals surface area (Å²) < 4.78 is 0. The van der Waals surface area contributed by atoms with Gasteiger partial charge in [0.25, 0.3) is 0 Å². The van der Waals surface area contributed by atoms with E-state index in [1.807, 2.05) is 36.4 Å². The highest BCUT2D eigenvalue weighted by molar-refractivity contribution is 5.67. The van der Waals surface area contributed by atoms with Crippen LogP contribution in [0.25, 0.3) is 11.1 Å². The van der Waals surface area contributed by atoms with Crippen molar-refractivity contribution in [2.24, 2.45) is 0 Å². The first-order valence-electron chi connectivity index (χ1n) is 4.61. The van der Waals surface area contributed by atoms with Crippen LogP contribution >= 0.6 is 0 Å². The van der Waals surface area contributed by atoms with Crippen molar-refractivity contribution >= 4 is 5.69 Å². The Kier molecular flexibility index (Phi) is 2.67. The van der Waals surface area contributed by atoms with Gasteiger partial charge in [0.05, 0.1) is 5.69 Å². The van der Waals surface area contributed by atoms with E-state index in [1.165, 1.54) is 0 Å². The molecule has 0 amide bonds. The van der Waals surface area contributed by atoms with Crippen molar-refractivity contribution in [3.05, 3.63) is 54.6 Å². The maximum atomic E-state index is 8.88. The van der Waals surface area contributed by atoms with Crippen molar-refractivity contribution in [3.8, 4) is 11.1 Å². The van der Waals surface area contributed by atoms with Crippen LogP contribution in [0.3, 0.4) is 0 Å². The summed E-state index contributed by atoms with van der Waals surface area (Å²) in [6.45, 7) is 0. The van der Waals surface area contributed by atoms with Crippen LogP contribution in [0.4, 0.5) is 5.69 Å². The van der Waals surface area contributed by atoms with Gasteiger partial charge in [0, 0.05) is 0 Å². The summed E-state index contributed by atoms with van der Waals surface area (Å²) in [6, 6.07) is 16.8. The summed E-state index contributed by atoms with van der Waals surface area (Å²) >= 11 is 0. The standard InChI is InChI=1S/C12H11NO2/c14-13(15)12-8-4-7-11(9-12)10-5-2-1-3-6-10/h1-9,14-15H. The minimum atomic E-state index is 0.117. The fourth-order valence-corrected chi connectivity index (χ4v) is 1.44. The van der Waals surface area contributed by atoms with E-state index in [0.29, 0.717) is 5.69 Å². The fraction of sp³-hybridized carbons (Fsp3) is 0. The zero-order valence-electron chi connectivity index (χ0n) is 8.04. The zero-order chi connectivity index (χ0) is 10.7. The number of hydrogen-bond donors (Lipinski definition) is 2. The Labute approximate surface area is 87.7 Å². The molecule has 0 aromatic heterocycles. The molecule has 2 N–H and O–H groups in total. The van der Waals surface area contributed by atoms with Gasteiger partial charge in [0.15, 0.2) is 0 Å². The number of nitrogens with zero attached hydrogens (tertiary/aromatic N) is 1. The molecule has 0 saturated carbocycles. The summed E-state index contributed by atoms with van der Waals surface area (Å²) in [5.74, 6) is 0. The quantitative estimate of drug-likeness (QED) is 0.734. The van der Waals surface area contributed by atoms with Crippen LogP contribution in [0, 0.1) is 0 Å². The fourth-order valence-electron chi connectivity index (χ4n) is 1.44. The van der Waals surface area contributed by atoms with Gasteiger partial charge in [-0.15, -0.1) is 5.23 Å². The van der Waals surface area contributed by atoms with Crippen molar-refractivity contribution < 1.29 is 10.4 Å². The lowest BCUT2D eigenvalue weighted by Gasteiger charge is -2.09. The summed E-state index contributed by atoms with van der Waals surface area (Å²) in [7, 11) is 0. The topological polar surface area (TPSA) is 43.7 Å². The molecule has 0 aliphatic carbocycles. The molecule has 2 rings (SSSR count). The van der Waals surface area contributed by atoms with Gasteiger partial charge in [-0.05, 0) is 23.3 Å². The monoisotopic (exact) mass is 201 g/mol. The van der Waals surface area contributed by atoms with Crippen molar-refractivity contribution in [3.63, 3.8) is 0 Å². The largest absolute Gasteiger partial charge is 0.264 e. The normalized spacial score (nSPS) is 10.0. The molecule has 2 aromatic rings. The summed E-state index contributed by atoms with van der Waals surface area (Å²) in [6.07, 6.45) is 0. The van der Waals surface area contributed by atoms with Gasteiger partial charge >= 0.3 is 0 Å². The first-order chi connectivity index (χ1) is 7.27. The lowest BCUT2D eigenvalue weighted by Crippen LogP contribution is -2.10. The highest BCUT2D eigenvalue weighted by Crippen LogP contribution is 2.23. The van der Waals surface area contributed by atoms with Gasteiger partial charge in [-0.3, -0.25) is 10.4 Å². The molecule has 0 heterocycles. The van der Waals surface area contributed by atoms with Crippen LogP contribution in [0.1, 0.15) is 0 Å². The molecule has 3 nitrogen and oxygen atoms in total. The van der Waals surface area contributed by atoms with E-state index in [9.17, 15) is 0 Å². The Bertz CT molecular complexity index is 440. The molecule has 0 fully saturated rings. The van der Waals surface area contributed by atoms with Crippen LogP contribution < -0.4 is 5.23 Å². The Morgan fingerprint density at radius 1 is 0.733 bits per heavy atom. The van der Waals surface area contributed by atoms with Crippen molar-refractivity contribution in [2.45, 2.75) is 0 Å². The van der Waals surface area contributed by atoms with Crippen molar-refractivity contribution in [1.82, 2.24) is 0 Å². The highest BCUT2D eigenvalue weighted by Gasteiger charge is 2.01. The Morgan fingerprint density at radius 2 is 1.40 bits per heavy atom. The molecular weight excluding hydrogens is 190 g/mol. The van der Waals surface area contributed by atoms with E-state index < -0.39 is 0 Å². The summed E-state index contributed by atoms with van der Waals surface area (Å²) in [5.41, 5.74) is 2.33. The highest BCUT2D eigenvalue weighted by atomic mass is 16.8. The smallest absolute Gasteiger partial charge is 0.0948 e. The number of hydrogen-bond acceptors (Lipinski definition) is 3. The van der Waals surface area contributed by atoms with Gasteiger partial charge < -0.3 is 0 Å². The van der Waals surface area contributed by atoms with E-state index in [1.54, 1.807) is 18.2 Å². The lowest BCUT2D eigenvalue weighted by molar-refractivity contribution is 0.0292. The minimum Gasteiger partial charge on any atom is -0.264 e. The lowest BCUT2D eigenvalue weighted by atomic mass is 10.1. The molecular formula is C12H11NO2. The molecule has 0 aliphatic heterocycles. The average molecular weight is 201 g/mol. The third-order valence-electron chi connectivity index (χ3n) is 2.18. The van der Waals surface area contributed by atoms with E-state index >= 15 is 0 Å². The second-order valence-electron chi connectivity index (χ2n) is 3.21. The van der Waals surface area contributed by atoms with Gasteiger partial charge in [-0.2, -0.15) is 0 Å². The predicted octanol–water partition coefficient (Wildman–Crippen LogP) is 2.94. The third kappa shape index (κ3) is 2.15. The second kappa shape index (κ2) is 4.13. The molecule has 3 heteroatoms. The van der Waals surface area contributed by atoms with Crippen LogP contribution in [0.15, 0.2) is 54.6 Å². The van der Waals surface area contributed by atoms with Crippen molar-refractivity contribution in [1.29, 1.82) is 0 Å². The molecule has 0 spiro atoms. The Balaban J connectivity index is 2.42. The summed E-state index contributed by atoms with van der Waals surface area (Å²) in [5, 5.41) is 17.9. The van der Waals surface area contributed by atoms with Gasteiger partial charge in [0.1, 0.15) is 0 Å². The van der Waals surface area contributed by atoms with E-state index in [4.69, 9.17) is 10.4 Å². The predicted molar refractivity (Wildman–Crippen MR) is 57.9 cm³/mol. The molecule has 15 heavy (non-hydrogen) atoms. The minimum absolute atomic E-state index is 0.117. The van der Waals surface area contributed by atoms with Crippen LogP contribution in [-0.2, 0) is 0 Å². The Morgan fingerprint density at radius 3 is 2.07 bits per heavy atom. The molecule has 0 aliphatic rings. The second-order valence-corrected chi connectivity index (χ2v) is 3.21. The number of benzene rings is 2. The number of rotatable bonds is 2. The maximum Gasteiger partial charge on any atom is 0.0948 e. The number of anilines is 1. The molecule has 0 atom stereocenters. The van der Waals surface area contributed by atoms with Crippen molar-refractivity contribution in [2.75, 3.05) is 5.23 Å². The Hall–Kier alpha value is -1.84. The molecule has 2 aromatic carbocycles. The molecule has 0 unspecified atom stereocenters. The zero-order valence-corrected chi connectivity index (χ0v) is 8.04. The maximum absolute atomic E-state index is 8.88. The molecule has 0 saturated heterocycles. The molecule has 0 radical (unpaired) electrons. The SMILES string of the molecule is ON(O)c1cccc(-c2ccccc2)c1. The first-order valence-corrected chi connectivity index (χ1v) is 4.61. The first kappa shape index (κ1) is 9.71. The third-order valence-corrected chi connectivity index (χ3v) is 2.18. The van der Waals surface area contributed by atoms with Gasteiger partial charge in [-0.1, -0.05) is 42.5 Å². The summed E-state index contributed by atoms with van der Waals surface area (Å²) in [4.78, 5) is 0. The molecule has 0 bridgehead atoms. The van der Waals surface area contributed by atoms with Crippen LogP contribution in [0.2, 0.25) is 0 Å². The molecule has 76 valence electrons. The van der Waals surface area contributed by atoms with E-state index in [0.717, 1.165) is 11.1 Å².